The van der Waals surface area contributed by atoms with Gasteiger partial charge in [0.1, 0.15) is 17.9 Å². The summed E-state index contributed by atoms with van der Waals surface area (Å²) in [6.45, 7) is 5.93. The molecule has 0 N–H and O–H groups in total. The molecule has 6 heteroatoms. The van der Waals surface area contributed by atoms with Gasteiger partial charge >= 0.3 is 5.97 Å². The number of piperidine rings is 1. The van der Waals surface area contributed by atoms with E-state index in [2.05, 4.69) is 33.9 Å². The van der Waals surface area contributed by atoms with Crippen LogP contribution in [0.15, 0.2) is 36.7 Å². The smallest absolute Gasteiger partial charge is 0.309 e. The molecule has 0 amide bonds. The topological polar surface area (TPSA) is 64.5 Å². The number of nitrogens with zero attached hydrogens (tertiary/aromatic N) is 3. The second-order valence-electron chi connectivity index (χ2n) is 6.33. The highest BCUT2D eigenvalue weighted by Crippen LogP contribution is 2.26. The Morgan fingerprint density at radius 1 is 1.15 bits per heavy atom. The van der Waals surface area contributed by atoms with Crippen LogP contribution in [0.3, 0.4) is 0 Å². The Morgan fingerprint density at radius 2 is 1.88 bits per heavy atom. The van der Waals surface area contributed by atoms with Gasteiger partial charge in [0.15, 0.2) is 0 Å². The molecule has 1 saturated heterocycles. The first-order valence-corrected chi connectivity index (χ1v) is 9.20. The van der Waals surface area contributed by atoms with Crippen LogP contribution in [0.5, 0.6) is 11.6 Å². The highest BCUT2D eigenvalue weighted by molar-refractivity contribution is 5.72. The molecule has 0 aliphatic carbocycles. The molecular weight excluding hydrogens is 330 g/mol. The number of hydrogen-bond acceptors (Lipinski definition) is 6. The van der Waals surface area contributed by atoms with Crippen LogP contribution in [0.25, 0.3) is 0 Å². The zero-order valence-corrected chi connectivity index (χ0v) is 15.4. The van der Waals surface area contributed by atoms with Crippen molar-refractivity contribution in [1.82, 2.24) is 9.97 Å². The quantitative estimate of drug-likeness (QED) is 0.738. The fourth-order valence-electron chi connectivity index (χ4n) is 3.08. The van der Waals surface area contributed by atoms with Gasteiger partial charge in [-0.15, -0.1) is 0 Å². The summed E-state index contributed by atoms with van der Waals surface area (Å²) >= 11 is 0. The Labute approximate surface area is 154 Å². The zero-order chi connectivity index (χ0) is 18.4. The van der Waals surface area contributed by atoms with Crippen molar-refractivity contribution < 1.29 is 14.3 Å². The zero-order valence-electron chi connectivity index (χ0n) is 15.4. The molecule has 3 rings (SSSR count). The minimum Gasteiger partial charge on any atom is -0.466 e. The summed E-state index contributed by atoms with van der Waals surface area (Å²) in [5.41, 5.74) is 1.27. The third-order valence-corrected chi connectivity index (χ3v) is 4.62. The van der Waals surface area contributed by atoms with E-state index in [0.29, 0.717) is 12.5 Å². The second kappa shape index (κ2) is 8.65. The van der Waals surface area contributed by atoms with Crippen LogP contribution >= 0.6 is 0 Å². The van der Waals surface area contributed by atoms with E-state index in [1.165, 1.54) is 11.9 Å². The minimum absolute atomic E-state index is 0.0131. The largest absolute Gasteiger partial charge is 0.466 e. The van der Waals surface area contributed by atoms with Crippen LogP contribution in [0.4, 0.5) is 5.82 Å². The Morgan fingerprint density at radius 3 is 2.54 bits per heavy atom. The molecule has 2 aromatic rings. The summed E-state index contributed by atoms with van der Waals surface area (Å²) in [6.07, 6.45) is 4.07. The number of rotatable bonds is 6. The van der Waals surface area contributed by atoms with Gasteiger partial charge in [0, 0.05) is 19.2 Å². The maximum absolute atomic E-state index is 11.9. The molecule has 0 radical (unpaired) electrons. The summed E-state index contributed by atoms with van der Waals surface area (Å²) in [7, 11) is 0. The molecule has 6 nitrogen and oxygen atoms in total. The van der Waals surface area contributed by atoms with E-state index < -0.39 is 0 Å². The lowest BCUT2D eigenvalue weighted by molar-refractivity contribution is -0.148. The number of anilines is 1. The van der Waals surface area contributed by atoms with Crippen LogP contribution < -0.4 is 9.64 Å². The number of benzene rings is 1. The lowest BCUT2D eigenvalue weighted by Gasteiger charge is -2.31. The summed E-state index contributed by atoms with van der Waals surface area (Å²) in [5.74, 6) is 2.00. The minimum atomic E-state index is -0.0885. The fourth-order valence-corrected chi connectivity index (χ4v) is 3.08. The molecule has 1 aliphatic heterocycles. The van der Waals surface area contributed by atoms with Crippen LogP contribution in [0.2, 0.25) is 0 Å². The molecule has 0 bridgehead atoms. The maximum atomic E-state index is 11.9. The van der Waals surface area contributed by atoms with Crippen molar-refractivity contribution in [3.8, 4) is 11.6 Å². The molecule has 1 aromatic heterocycles. The van der Waals surface area contributed by atoms with Gasteiger partial charge in [-0.25, -0.2) is 9.97 Å². The van der Waals surface area contributed by atoms with Gasteiger partial charge in [0.25, 0.3) is 0 Å². The standard InChI is InChI=1S/C20H25N3O3/c1-3-15-5-7-17(8-6-15)26-19-13-18(21-14-22-19)23-11-9-16(10-12-23)20(24)25-4-2/h5-8,13-14,16H,3-4,9-12H2,1-2H3. The van der Waals surface area contributed by atoms with E-state index in [-0.39, 0.29) is 11.9 Å². The van der Waals surface area contributed by atoms with Crippen LogP contribution in [-0.4, -0.2) is 35.6 Å². The first-order chi connectivity index (χ1) is 12.7. The Balaban J connectivity index is 1.61. The van der Waals surface area contributed by atoms with Gasteiger partial charge in [-0.1, -0.05) is 19.1 Å². The number of carbonyl (C=O) groups is 1. The van der Waals surface area contributed by atoms with Crippen molar-refractivity contribution in [2.45, 2.75) is 33.1 Å². The Bertz CT molecular complexity index is 725. The summed E-state index contributed by atoms with van der Waals surface area (Å²) in [4.78, 5) is 22.6. The predicted octanol–water partition coefficient (Wildman–Crippen LogP) is 3.61. The highest BCUT2D eigenvalue weighted by Gasteiger charge is 2.26. The van der Waals surface area contributed by atoms with E-state index >= 15 is 0 Å². The maximum Gasteiger partial charge on any atom is 0.309 e. The highest BCUT2D eigenvalue weighted by atomic mass is 16.5. The Kier molecular flexibility index (Phi) is 6.04. The van der Waals surface area contributed by atoms with Crippen molar-refractivity contribution in [3.63, 3.8) is 0 Å². The van der Waals surface area contributed by atoms with Crippen molar-refractivity contribution in [3.05, 3.63) is 42.2 Å². The van der Waals surface area contributed by atoms with Crippen molar-refractivity contribution in [2.75, 3.05) is 24.6 Å². The van der Waals surface area contributed by atoms with Gasteiger partial charge in [0.2, 0.25) is 5.88 Å². The number of aryl methyl sites for hydroxylation is 1. The fraction of sp³-hybridized carbons (Fsp3) is 0.450. The summed E-state index contributed by atoms with van der Waals surface area (Å²) in [6, 6.07) is 9.85. The van der Waals surface area contributed by atoms with Crippen LogP contribution in [0.1, 0.15) is 32.3 Å². The number of aromatic nitrogens is 2. The summed E-state index contributed by atoms with van der Waals surface area (Å²) < 4.78 is 11.0. The number of esters is 1. The molecular formula is C20H25N3O3. The number of carbonyl (C=O) groups excluding carboxylic acids is 1. The average molecular weight is 355 g/mol. The SMILES string of the molecule is CCOC(=O)C1CCN(c2cc(Oc3ccc(CC)cc3)ncn2)CC1. The third-order valence-electron chi connectivity index (χ3n) is 4.62. The molecule has 0 saturated carbocycles. The average Bonchev–Trinajstić information content (AvgIpc) is 2.69. The van der Waals surface area contributed by atoms with E-state index in [4.69, 9.17) is 9.47 Å². The summed E-state index contributed by atoms with van der Waals surface area (Å²) in [5, 5.41) is 0. The molecule has 0 atom stereocenters. The molecule has 1 aromatic carbocycles. The van der Waals surface area contributed by atoms with Gasteiger partial charge in [-0.2, -0.15) is 0 Å². The van der Waals surface area contributed by atoms with E-state index in [0.717, 1.165) is 43.9 Å². The molecule has 2 heterocycles. The molecule has 26 heavy (non-hydrogen) atoms. The first-order valence-electron chi connectivity index (χ1n) is 9.20. The molecule has 0 spiro atoms. The van der Waals surface area contributed by atoms with Gasteiger partial charge in [-0.3, -0.25) is 4.79 Å². The lowest BCUT2D eigenvalue weighted by Crippen LogP contribution is -2.37. The Hall–Kier alpha value is -2.63. The first kappa shape index (κ1) is 18.2. The van der Waals surface area contributed by atoms with Crippen molar-refractivity contribution >= 4 is 11.8 Å². The monoisotopic (exact) mass is 355 g/mol. The number of ether oxygens (including phenoxy) is 2. The van der Waals surface area contributed by atoms with Crippen LogP contribution in [0, 0.1) is 5.92 Å². The van der Waals surface area contributed by atoms with Gasteiger partial charge < -0.3 is 14.4 Å². The van der Waals surface area contributed by atoms with E-state index in [1.54, 1.807) is 0 Å². The molecule has 138 valence electrons. The normalized spacial score (nSPS) is 14.9. The van der Waals surface area contributed by atoms with Gasteiger partial charge in [-0.05, 0) is 43.9 Å². The van der Waals surface area contributed by atoms with E-state index in [9.17, 15) is 4.79 Å². The van der Waals surface area contributed by atoms with Gasteiger partial charge in [0.05, 0.1) is 12.5 Å². The predicted molar refractivity (Wildman–Crippen MR) is 99.5 cm³/mol. The second-order valence-corrected chi connectivity index (χ2v) is 6.33. The molecule has 1 fully saturated rings. The van der Waals surface area contributed by atoms with E-state index in [1.807, 2.05) is 25.1 Å². The lowest BCUT2D eigenvalue weighted by atomic mass is 9.97. The van der Waals surface area contributed by atoms with Crippen LogP contribution in [-0.2, 0) is 16.0 Å². The third kappa shape index (κ3) is 4.50. The van der Waals surface area contributed by atoms with Crippen molar-refractivity contribution in [2.24, 2.45) is 5.92 Å². The molecule has 1 aliphatic rings. The molecule has 0 unspecified atom stereocenters. The van der Waals surface area contributed by atoms with Crippen molar-refractivity contribution in [1.29, 1.82) is 0 Å². The number of hydrogen-bond donors (Lipinski definition) is 0.